The van der Waals surface area contributed by atoms with Gasteiger partial charge < -0.3 is 0 Å². The largest absolute Gasteiger partial charge is 0.232 e. The van der Waals surface area contributed by atoms with Gasteiger partial charge in [0, 0.05) is 10.7 Å². The van der Waals surface area contributed by atoms with Crippen LogP contribution < -0.4 is 0 Å². The van der Waals surface area contributed by atoms with Gasteiger partial charge >= 0.3 is 0 Å². The van der Waals surface area contributed by atoms with Crippen molar-refractivity contribution in [1.82, 2.24) is 0 Å². The van der Waals surface area contributed by atoms with Crippen LogP contribution in [0.15, 0.2) is 24.3 Å². The van der Waals surface area contributed by atoms with Crippen molar-refractivity contribution in [2.75, 3.05) is 5.75 Å². The first-order valence-electron chi connectivity index (χ1n) is 3.95. The van der Waals surface area contributed by atoms with Crippen molar-refractivity contribution in [1.29, 1.82) is 0 Å². The normalized spacial score (nSPS) is 11.5. The Labute approximate surface area is 83.0 Å². The summed E-state index contributed by atoms with van der Waals surface area (Å²) in [5, 5.41) is 0. The summed E-state index contributed by atoms with van der Waals surface area (Å²) in [7, 11) is 1.73. The molecule has 0 N–H and O–H groups in total. The molecule has 4 heteroatoms. The highest BCUT2D eigenvalue weighted by Gasteiger charge is 2.04. The summed E-state index contributed by atoms with van der Waals surface area (Å²) in [6, 6.07) is 7.74. The monoisotopic (exact) mass is 218 g/mol. The Balaban J connectivity index is 2.65. The molecule has 0 aliphatic rings. The van der Waals surface area contributed by atoms with Crippen molar-refractivity contribution in [3.8, 4) is 0 Å². The molecule has 0 unspecified atom stereocenters. The third kappa shape index (κ3) is 4.29. The molecule has 13 heavy (non-hydrogen) atoms. The maximum Gasteiger partial charge on any atom is 0.232 e. The zero-order valence-corrected chi connectivity index (χ0v) is 8.90. The first-order chi connectivity index (χ1) is 5.97. The second-order valence-electron chi connectivity index (χ2n) is 2.98. The molecule has 1 aromatic carbocycles. The van der Waals surface area contributed by atoms with E-state index in [4.69, 9.17) is 10.7 Å². The van der Waals surface area contributed by atoms with Crippen molar-refractivity contribution < 1.29 is 8.42 Å². The van der Waals surface area contributed by atoms with Gasteiger partial charge in [0.1, 0.15) is 0 Å². The zero-order chi connectivity index (χ0) is 9.90. The van der Waals surface area contributed by atoms with E-state index in [1.54, 1.807) is 0 Å². The van der Waals surface area contributed by atoms with Crippen LogP contribution in [-0.4, -0.2) is 14.2 Å². The summed E-state index contributed by atoms with van der Waals surface area (Å²) in [6.45, 7) is 1.97. The topological polar surface area (TPSA) is 34.1 Å². The summed E-state index contributed by atoms with van der Waals surface area (Å²) in [5.41, 5.74) is 2.13. The number of hydrogen-bond donors (Lipinski definition) is 0. The molecule has 0 heterocycles. The minimum atomic E-state index is -3.36. The highest BCUT2D eigenvalue weighted by molar-refractivity contribution is 8.13. The maximum absolute atomic E-state index is 10.7. The summed E-state index contributed by atoms with van der Waals surface area (Å²) in [4.78, 5) is 0. The van der Waals surface area contributed by atoms with E-state index in [1.807, 2.05) is 31.2 Å². The molecule has 0 saturated heterocycles. The Kier molecular flexibility index (Phi) is 3.33. The van der Waals surface area contributed by atoms with Gasteiger partial charge in [0.25, 0.3) is 0 Å². The second-order valence-corrected chi connectivity index (χ2v) is 5.88. The van der Waals surface area contributed by atoms with E-state index >= 15 is 0 Å². The SMILES string of the molecule is Cc1cccc(CCS(=O)(=O)Cl)c1. The fourth-order valence-electron chi connectivity index (χ4n) is 1.11. The Morgan fingerprint density at radius 2 is 2.08 bits per heavy atom. The van der Waals surface area contributed by atoms with Crippen LogP contribution in [0.3, 0.4) is 0 Å². The van der Waals surface area contributed by atoms with Crippen LogP contribution >= 0.6 is 10.7 Å². The van der Waals surface area contributed by atoms with Gasteiger partial charge in [-0.25, -0.2) is 8.42 Å². The average molecular weight is 219 g/mol. The predicted molar refractivity (Wildman–Crippen MR) is 54.5 cm³/mol. The van der Waals surface area contributed by atoms with Crippen molar-refractivity contribution in [3.63, 3.8) is 0 Å². The summed E-state index contributed by atoms with van der Waals surface area (Å²) >= 11 is 0. The zero-order valence-electron chi connectivity index (χ0n) is 7.33. The predicted octanol–water partition coefficient (Wildman–Crippen LogP) is 2.11. The molecule has 2 nitrogen and oxygen atoms in total. The van der Waals surface area contributed by atoms with E-state index in [0.29, 0.717) is 6.42 Å². The molecule has 0 amide bonds. The van der Waals surface area contributed by atoms with Crippen molar-refractivity contribution >= 4 is 19.7 Å². The molecule has 72 valence electrons. The third-order valence-electron chi connectivity index (χ3n) is 1.72. The molecular weight excluding hydrogens is 208 g/mol. The van der Waals surface area contributed by atoms with E-state index in [-0.39, 0.29) is 5.75 Å². The Morgan fingerprint density at radius 1 is 1.38 bits per heavy atom. The lowest BCUT2D eigenvalue weighted by molar-refractivity contribution is 0.609. The smallest absolute Gasteiger partial charge is 0.212 e. The number of rotatable bonds is 3. The van der Waals surface area contributed by atoms with Crippen LogP contribution in [0.4, 0.5) is 0 Å². The Morgan fingerprint density at radius 3 is 2.62 bits per heavy atom. The average Bonchev–Trinajstić information content (AvgIpc) is 2.00. The molecule has 0 spiro atoms. The minimum Gasteiger partial charge on any atom is -0.212 e. The first kappa shape index (κ1) is 10.5. The summed E-state index contributed by atoms with van der Waals surface area (Å²) in [5.74, 6) is -0.00198. The molecule has 0 aliphatic carbocycles. The third-order valence-corrected chi connectivity index (χ3v) is 2.87. The first-order valence-corrected chi connectivity index (χ1v) is 6.43. The van der Waals surface area contributed by atoms with Gasteiger partial charge in [0.2, 0.25) is 9.05 Å². The van der Waals surface area contributed by atoms with E-state index in [0.717, 1.165) is 11.1 Å². The number of benzene rings is 1. The maximum atomic E-state index is 10.7. The Bertz CT molecular complexity index is 384. The van der Waals surface area contributed by atoms with Gasteiger partial charge in [-0.05, 0) is 18.9 Å². The van der Waals surface area contributed by atoms with Crippen LogP contribution in [0.2, 0.25) is 0 Å². The number of aryl methyl sites for hydroxylation is 2. The molecule has 0 radical (unpaired) electrons. The van der Waals surface area contributed by atoms with Crippen LogP contribution in [0.5, 0.6) is 0 Å². The molecule has 1 rings (SSSR count). The molecule has 1 aromatic rings. The molecule has 0 atom stereocenters. The van der Waals surface area contributed by atoms with Gasteiger partial charge in [-0.15, -0.1) is 0 Å². The molecule has 0 fully saturated rings. The molecule has 0 saturated carbocycles. The highest BCUT2D eigenvalue weighted by atomic mass is 35.7. The lowest BCUT2D eigenvalue weighted by atomic mass is 10.1. The van der Waals surface area contributed by atoms with Crippen LogP contribution in [0.1, 0.15) is 11.1 Å². The van der Waals surface area contributed by atoms with Gasteiger partial charge in [-0.1, -0.05) is 29.8 Å². The van der Waals surface area contributed by atoms with E-state index in [2.05, 4.69) is 0 Å². The van der Waals surface area contributed by atoms with Gasteiger partial charge in [-0.3, -0.25) is 0 Å². The van der Waals surface area contributed by atoms with Crippen molar-refractivity contribution in [2.45, 2.75) is 13.3 Å². The fourth-order valence-corrected chi connectivity index (χ4v) is 1.82. The quantitative estimate of drug-likeness (QED) is 0.729. The highest BCUT2D eigenvalue weighted by Crippen LogP contribution is 2.07. The lowest BCUT2D eigenvalue weighted by Crippen LogP contribution is -2.00. The van der Waals surface area contributed by atoms with E-state index in [1.165, 1.54) is 0 Å². The minimum absolute atomic E-state index is 0.00198. The summed E-state index contributed by atoms with van der Waals surface area (Å²) in [6.07, 6.45) is 0.480. The summed E-state index contributed by atoms with van der Waals surface area (Å²) < 4.78 is 21.3. The molecule has 0 aliphatic heterocycles. The van der Waals surface area contributed by atoms with Crippen molar-refractivity contribution in [2.24, 2.45) is 0 Å². The molecular formula is C9H11ClO2S. The van der Waals surface area contributed by atoms with Gasteiger partial charge in [0.15, 0.2) is 0 Å². The van der Waals surface area contributed by atoms with Crippen LogP contribution in [0, 0.1) is 6.92 Å². The van der Waals surface area contributed by atoms with Gasteiger partial charge in [0.05, 0.1) is 5.75 Å². The van der Waals surface area contributed by atoms with Crippen molar-refractivity contribution in [3.05, 3.63) is 35.4 Å². The molecule has 0 aromatic heterocycles. The molecule has 0 bridgehead atoms. The van der Waals surface area contributed by atoms with Crippen LogP contribution in [0.25, 0.3) is 0 Å². The Hall–Kier alpha value is -0.540. The van der Waals surface area contributed by atoms with Crippen LogP contribution in [-0.2, 0) is 15.5 Å². The second kappa shape index (κ2) is 4.11. The van der Waals surface area contributed by atoms with E-state index < -0.39 is 9.05 Å². The van der Waals surface area contributed by atoms with Gasteiger partial charge in [-0.2, -0.15) is 0 Å². The number of hydrogen-bond acceptors (Lipinski definition) is 2. The standard InChI is InChI=1S/C9H11ClO2S/c1-8-3-2-4-9(7-8)5-6-13(10,11)12/h2-4,7H,5-6H2,1H3. The lowest BCUT2D eigenvalue weighted by Gasteiger charge is -1.99. The number of halogens is 1. The van der Waals surface area contributed by atoms with E-state index in [9.17, 15) is 8.42 Å². The fraction of sp³-hybridized carbons (Fsp3) is 0.333.